The van der Waals surface area contributed by atoms with Crippen LogP contribution in [-0.4, -0.2) is 123 Å². The molecule has 5 aromatic rings. The lowest BCUT2D eigenvalue weighted by Gasteiger charge is -2.27. The zero-order chi connectivity index (χ0) is 54.4. The van der Waals surface area contributed by atoms with Gasteiger partial charge in [-0.2, -0.15) is 0 Å². The number of aliphatic hydroxyl groups excluding tert-OH is 5. The number of hydrogen-bond donors (Lipinski definition) is 9. The molecule has 5 rings (SSSR count). The summed E-state index contributed by atoms with van der Waals surface area (Å²) in [5.74, 6) is -0.295. The van der Waals surface area contributed by atoms with Crippen molar-refractivity contribution in [1.82, 2.24) is 26.3 Å². The smallest absolute Gasteiger partial charge is 0.408 e. The summed E-state index contributed by atoms with van der Waals surface area (Å²) in [6.07, 6.45) is -5.36. The zero-order valence-electron chi connectivity index (χ0n) is 43.6. The highest BCUT2D eigenvalue weighted by atomic mass is 16.6. The average molecular weight is 1030 g/mol. The van der Waals surface area contributed by atoms with E-state index < -0.39 is 78.6 Å². The molecule has 0 saturated heterocycles. The van der Waals surface area contributed by atoms with Crippen LogP contribution in [0.4, 0.5) is 4.79 Å². The molecule has 0 aliphatic heterocycles. The lowest BCUT2D eigenvalue weighted by molar-refractivity contribution is -0.134. The minimum Gasteiger partial charge on any atom is -0.489 e. The number of aliphatic hydroxyl groups is 5. The fraction of sp³-hybridized carbons (Fsp3) is 0.431. The number of nitrogens with one attached hydrogen (secondary N) is 4. The number of hydrogen-bond acceptors (Lipinski definition) is 13. The minimum absolute atomic E-state index is 0.0782. The molecule has 0 spiro atoms. The van der Waals surface area contributed by atoms with Gasteiger partial charge in [0.05, 0.1) is 25.0 Å². The number of rotatable bonds is 29. The maximum Gasteiger partial charge on any atom is 0.408 e. The molecule has 1 unspecified atom stereocenters. The number of benzene rings is 4. The van der Waals surface area contributed by atoms with Crippen LogP contribution in [0.1, 0.15) is 84.3 Å². The summed E-state index contributed by atoms with van der Waals surface area (Å²) < 4.78 is 17.5. The van der Waals surface area contributed by atoms with Crippen LogP contribution >= 0.6 is 0 Å². The lowest BCUT2D eigenvalue weighted by Crippen LogP contribution is -2.53. The molecule has 4 amide bonds. The first kappa shape index (κ1) is 59.0. The number of amides is 4. The van der Waals surface area contributed by atoms with Crippen LogP contribution in [-0.2, 0) is 32.1 Å². The Morgan fingerprint density at radius 3 is 1.87 bits per heavy atom. The van der Waals surface area contributed by atoms with Gasteiger partial charge in [-0.05, 0) is 99.7 Å². The molecule has 17 heteroatoms. The number of pyridine rings is 1. The van der Waals surface area contributed by atoms with Gasteiger partial charge in [0.15, 0.2) is 0 Å². The molecule has 75 heavy (non-hydrogen) atoms. The summed E-state index contributed by atoms with van der Waals surface area (Å²) in [7, 11) is 0. The van der Waals surface area contributed by atoms with Gasteiger partial charge in [0.25, 0.3) is 0 Å². The van der Waals surface area contributed by atoms with E-state index in [9.17, 15) is 39.6 Å². The van der Waals surface area contributed by atoms with Crippen molar-refractivity contribution in [2.75, 3.05) is 26.3 Å². The number of nitrogens with zero attached hydrogens (tertiary/aromatic N) is 1. The van der Waals surface area contributed by atoms with Crippen LogP contribution < -0.4 is 30.7 Å². The average Bonchev–Trinajstić information content (AvgIpc) is 3.40. The molecule has 0 fully saturated rings. The van der Waals surface area contributed by atoms with E-state index in [2.05, 4.69) is 21.3 Å². The van der Waals surface area contributed by atoms with Gasteiger partial charge in [0.1, 0.15) is 48.4 Å². The van der Waals surface area contributed by atoms with E-state index in [1.54, 1.807) is 20.8 Å². The van der Waals surface area contributed by atoms with Crippen molar-refractivity contribution < 1.29 is 58.9 Å². The van der Waals surface area contributed by atoms with Crippen molar-refractivity contribution in [3.05, 3.63) is 139 Å². The fourth-order valence-electron chi connectivity index (χ4n) is 7.89. The monoisotopic (exact) mass is 1030 g/mol. The number of alkyl carbamates (subject to hydrolysis) is 1. The molecule has 404 valence electrons. The number of carbonyl (C=O) groups is 4. The normalized spacial score (nSPS) is 14.0. The Labute approximate surface area is 440 Å². The Morgan fingerprint density at radius 2 is 1.23 bits per heavy atom. The van der Waals surface area contributed by atoms with Gasteiger partial charge in [0.2, 0.25) is 23.6 Å². The topological polar surface area (TPSA) is 258 Å². The summed E-state index contributed by atoms with van der Waals surface area (Å²) in [5, 5.41) is 60.2. The van der Waals surface area contributed by atoms with Gasteiger partial charge >= 0.3 is 6.09 Å². The van der Waals surface area contributed by atoms with Gasteiger partial charge in [0, 0.05) is 36.6 Å². The van der Waals surface area contributed by atoms with Crippen LogP contribution in [0.5, 0.6) is 11.6 Å². The van der Waals surface area contributed by atoms with E-state index in [4.69, 9.17) is 24.3 Å². The largest absolute Gasteiger partial charge is 0.489 e. The molecule has 17 nitrogen and oxygen atoms in total. The van der Waals surface area contributed by atoms with Crippen LogP contribution in [0.2, 0.25) is 0 Å². The first-order valence-corrected chi connectivity index (χ1v) is 25.5. The Kier molecular flexibility index (Phi) is 23.0. The molecule has 0 aliphatic rings. The van der Waals surface area contributed by atoms with Gasteiger partial charge in [-0.1, -0.05) is 117 Å². The molecule has 4 aromatic carbocycles. The summed E-state index contributed by atoms with van der Waals surface area (Å²) >= 11 is 0. The predicted molar refractivity (Wildman–Crippen MR) is 285 cm³/mol. The molecule has 9 N–H and O–H groups in total. The highest BCUT2D eigenvalue weighted by molar-refractivity contribution is 5.90. The van der Waals surface area contributed by atoms with Crippen molar-refractivity contribution in [3.63, 3.8) is 0 Å². The quantitative estimate of drug-likeness (QED) is 0.0248. The van der Waals surface area contributed by atoms with Crippen molar-refractivity contribution >= 4 is 23.8 Å². The highest BCUT2D eigenvalue weighted by Crippen LogP contribution is 2.30. The molecule has 0 saturated carbocycles. The second-order valence-corrected chi connectivity index (χ2v) is 20.2. The number of carbonyl (C=O) groups excluding carboxylic acids is 4. The molecule has 0 aliphatic carbocycles. The maximum atomic E-state index is 14.1. The van der Waals surface area contributed by atoms with Crippen molar-refractivity contribution in [2.45, 2.75) is 128 Å². The van der Waals surface area contributed by atoms with Crippen LogP contribution in [0.25, 0.3) is 22.4 Å². The number of ether oxygens (including phenoxy) is 3. The van der Waals surface area contributed by atoms with Crippen molar-refractivity contribution in [3.8, 4) is 34.0 Å². The molecular weight excluding hydrogens is 959 g/mol. The maximum absolute atomic E-state index is 14.1. The molecule has 0 radical (unpaired) electrons. The van der Waals surface area contributed by atoms with Gasteiger partial charge in [-0.25, -0.2) is 9.78 Å². The minimum atomic E-state index is -1.90. The SMILES string of the molecule is CC(C)(C)OC(=O)NC(CCCCNC(=O)[C@H](Cc1ccc(OCc2ccccc2)cc1)NC(=O)C(C)(C)CCCCOc1cc(-c2ccccc2)cc(-c2ccccc2)n1)C(=O)NC[C@H](O)[C@@H](O)[C@H](O)[C@H](O)CO. The van der Waals surface area contributed by atoms with Crippen LogP contribution in [0.3, 0.4) is 0 Å². The lowest BCUT2D eigenvalue weighted by atomic mass is 9.85. The van der Waals surface area contributed by atoms with E-state index in [0.717, 1.165) is 33.5 Å². The standard InChI is InChI=1S/C58H75N5O12/c1-57(2,3)75-56(72)63-45(53(69)60-36-48(65)51(67)52(68)49(66)37-64)25-15-17-31-59-54(70)47(33-39-26-28-44(29-27-39)74-38-40-19-9-6-10-20-40)62-55(71)58(4,5)30-16-18-32-73-50-35-43(41-21-11-7-12-22-41)34-46(61-50)42-23-13-8-14-24-42/h6-14,19-24,26-29,34-35,45,47-49,51-52,64-68H,15-18,25,30-33,36-38H2,1-5H3,(H,59,70)(H,60,69)(H,62,71)(H,63,72)/t45?,47-,48-,49+,51+,52+/m0/s1. The van der Waals surface area contributed by atoms with Crippen LogP contribution in [0, 0.1) is 5.41 Å². The fourth-order valence-corrected chi connectivity index (χ4v) is 7.89. The number of aromatic nitrogens is 1. The molecular formula is C58H75N5O12. The van der Waals surface area contributed by atoms with Crippen molar-refractivity contribution in [1.29, 1.82) is 0 Å². The van der Waals surface area contributed by atoms with Gasteiger partial charge in [-0.3, -0.25) is 14.4 Å². The van der Waals surface area contributed by atoms with Crippen LogP contribution in [0.15, 0.2) is 127 Å². The van der Waals surface area contributed by atoms with Gasteiger partial charge < -0.3 is 61.0 Å². The van der Waals surface area contributed by atoms with E-state index >= 15 is 0 Å². The molecule has 6 atom stereocenters. The summed E-state index contributed by atoms with van der Waals surface area (Å²) in [6.45, 7) is 8.17. The molecule has 0 bridgehead atoms. The third-order valence-corrected chi connectivity index (χ3v) is 12.3. The van der Waals surface area contributed by atoms with Gasteiger partial charge in [-0.15, -0.1) is 0 Å². The third-order valence-electron chi connectivity index (χ3n) is 12.3. The zero-order valence-corrected chi connectivity index (χ0v) is 43.6. The number of unbranched alkanes of at least 4 members (excludes halogenated alkanes) is 2. The Morgan fingerprint density at radius 1 is 0.613 bits per heavy atom. The first-order chi connectivity index (χ1) is 35.8. The highest BCUT2D eigenvalue weighted by Gasteiger charge is 2.33. The Hall–Kier alpha value is -6.89. The van der Waals surface area contributed by atoms with E-state index in [0.29, 0.717) is 56.9 Å². The first-order valence-electron chi connectivity index (χ1n) is 25.5. The van der Waals surface area contributed by atoms with E-state index in [-0.39, 0.29) is 25.3 Å². The summed E-state index contributed by atoms with van der Waals surface area (Å²) in [5.41, 5.74) is 3.87. The second kappa shape index (κ2) is 29.3. The predicted octanol–water partition coefficient (Wildman–Crippen LogP) is 6.03. The Bertz CT molecular complexity index is 2470. The summed E-state index contributed by atoms with van der Waals surface area (Å²) in [4.78, 5) is 58.9. The summed E-state index contributed by atoms with van der Waals surface area (Å²) in [6, 6.07) is 39.0. The molecule has 1 heterocycles. The third kappa shape index (κ3) is 20.1. The second-order valence-electron chi connectivity index (χ2n) is 20.2. The van der Waals surface area contributed by atoms with Crippen molar-refractivity contribution in [2.24, 2.45) is 5.41 Å². The molecule has 1 aromatic heterocycles. The van der Waals surface area contributed by atoms with E-state index in [1.807, 2.05) is 141 Å². The van der Waals surface area contributed by atoms with E-state index in [1.165, 1.54) is 0 Å². The Balaban J connectivity index is 1.19.